The van der Waals surface area contributed by atoms with Gasteiger partial charge in [0.15, 0.2) is 0 Å². The molecule has 57 heavy (non-hydrogen) atoms. The van der Waals surface area contributed by atoms with E-state index in [1.807, 2.05) is 12.1 Å². The van der Waals surface area contributed by atoms with Gasteiger partial charge in [-0.3, -0.25) is 0 Å². The van der Waals surface area contributed by atoms with Crippen LogP contribution in [0.25, 0.3) is 77.2 Å². The van der Waals surface area contributed by atoms with Gasteiger partial charge < -0.3 is 9.32 Å². The summed E-state index contributed by atoms with van der Waals surface area (Å²) in [6.07, 6.45) is 0. The fourth-order valence-electron chi connectivity index (χ4n) is 9.36. The number of fused-ring (bicyclic) bond motifs is 8. The van der Waals surface area contributed by atoms with E-state index >= 15 is 0 Å². The Hall–Kier alpha value is -7.16. The second kappa shape index (κ2) is 13.0. The minimum absolute atomic E-state index is 0.105. The van der Waals surface area contributed by atoms with Crippen LogP contribution in [-0.4, -0.2) is 0 Å². The zero-order valence-electron chi connectivity index (χ0n) is 31.9. The molecular weight excluding hydrogens is 691 g/mol. The van der Waals surface area contributed by atoms with E-state index in [4.69, 9.17) is 4.42 Å². The monoisotopic (exact) mass is 729 g/mol. The van der Waals surface area contributed by atoms with Gasteiger partial charge in [-0.1, -0.05) is 159 Å². The minimum atomic E-state index is -0.105. The molecule has 1 aliphatic carbocycles. The first-order chi connectivity index (χ1) is 28.0. The van der Waals surface area contributed by atoms with Gasteiger partial charge in [-0.25, -0.2) is 0 Å². The van der Waals surface area contributed by atoms with Gasteiger partial charge in [-0.15, -0.1) is 0 Å². The molecule has 270 valence electrons. The van der Waals surface area contributed by atoms with E-state index in [-0.39, 0.29) is 5.41 Å². The SMILES string of the molecule is CC1(C)c2ccccc2-c2c(-c3ccc(N(c4ccc(-c5ccccc5)cc4)c4ccc(-c5cccc6oc7ccccc7c56)cc4)cc3)cc3ccccc3c21. The van der Waals surface area contributed by atoms with Crippen molar-refractivity contribution in [2.75, 3.05) is 4.90 Å². The van der Waals surface area contributed by atoms with Gasteiger partial charge in [-0.2, -0.15) is 0 Å². The van der Waals surface area contributed by atoms with Gasteiger partial charge in [0.05, 0.1) is 0 Å². The van der Waals surface area contributed by atoms with E-state index in [1.165, 1.54) is 60.8 Å². The Balaban J connectivity index is 1.03. The molecular formula is C55H39NO. The van der Waals surface area contributed by atoms with E-state index in [9.17, 15) is 0 Å². The van der Waals surface area contributed by atoms with Crippen molar-refractivity contribution in [3.63, 3.8) is 0 Å². The molecule has 1 aliphatic rings. The van der Waals surface area contributed by atoms with Crippen LogP contribution >= 0.6 is 0 Å². The van der Waals surface area contributed by atoms with Crippen molar-refractivity contribution >= 4 is 49.8 Å². The van der Waals surface area contributed by atoms with Gasteiger partial charge in [0, 0.05) is 33.2 Å². The summed E-state index contributed by atoms with van der Waals surface area (Å²) in [6, 6.07) is 72.5. The predicted molar refractivity (Wildman–Crippen MR) is 240 cm³/mol. The van der Waals surface area contributed by atoms with Crippen LogP contribution in [0.5, 0.6) is 0 Å². The average molecular weight is 730 g/mol. The standard InChI is InChI=1S/C55H39NO/c1-55(2)49-20-10-8-17-46(49)53-48(35-40-15-6-7-16-45(40)54(53)55)39-27-33-43(34-28-39)56(41-29-23-37(24-30-41)36-13-4-3-5-14-36)42-31-25-38(26-32-42)44-19-12-22-51-52(44)47-18-9-11-21-50(47)57-51/h3-35H,1-2H3. The first-order valence-corrected chi connectivity index (χ1v) is 19.8. The normalized spacial score (nSPS) is 12.9. The zero-order chi connectivity index (χ0) is 38.1. The lowest BCUT2D eigenvalue weighted by Crippen LogP contribution is -2.15. The van der Waals surface area contributed by atoms with Crippen molar-refractivity contribution in [2.24, 2.45) is 0 Å². The molecule has 0 saturated carbocycles. The highest BCUT2D eigenvalue weighted by molar-refractivity contribution is 6.12. The second-order valence-electron chi connectivity index (χ2n) is 15.7. The highest BCUT2D eigenvalue weighted by atomic mass is 16.3. The zero-order valence-corrected chi connectivity index (χ0v) is 31.9. The smallest absolute Gasteiger partial charge is 0.136 e. The Morgan fingerprint density at radius 2 is 0.930 bits per heavy atom. The van der Waals surface area contributed by atoms with E-state index in [1.54, 1.807) is 0 Å². The number of anilines is 3. The maximum Gasteiger partial charge on any atom is 0.136 e. The van der Waals surface area contributed by atoms with Crippen LogP contribution in [0.15, 0.2) is 205 Å². The molecule has 0 aliphatic heterocycles. The first kappa shape index (κ1) is 33.2. The number of nitrogens with zero attached hydrogens (tertiary/aromatic N) is 1. The van der Waals surface area contributed by atoms with Crippen molar-refractivity contribution in [1.82, 2.24) is 0 Å². The molecule has 0 atom stereocenters. The van der Waals surface area contributed by atoms with Crippen molar-refractivity contribution in [3.05, 3.63) is 211 Å². The summed E-state index contributed by atoms with van der Waals surface area (Å²) in [7, 11) is 0. The van der Waals surface area contributed by atoms with Crippen molar-refractivity contribution in [2.45, 2.75) is 19.3 Å². The molecule has 0 N–H and O–H groups in total. The van der Waals surface area contributed by atoms with Crippen LogP contribution in [0.3, 0.4) is 0 Å². The Morgan fingerprint density at radius 3 is 1.65 bits per heavy atom. The van der Waals surface area contributed by atoms with Crippen LogP contribution in [0.1, 0.15) is 25.0 Å². The lowest BCUT2D eigenvalue weighted by atomic mass is 9.79. The quantitative estimate of drug-likeness (QED) is 0.169. The first-order valence-electron chi connectivity index (χ1n) is 19.8. The molecule has 1 aromatic heterocycles. The molecule has 1 heterocycles. The summed E-state index contributed by atoms with van der Waals surface area (Å²) in [5, 5.41) is 4.89. The van der Waals surface area contributed by atoms with Crippen LogP contribution in [-0.2, 0) is 5.41 Å². The maximum absolute atomic E-state index is 6.24. The van der Waals surface area contributed by atoms with E-state index in [2.05, 4.69) is 207 Å². The molecule has 0 fully saturated rings. The Bertz CT molecular complexity index is 3120. The molecule has 2 heteroatoms. The molecule has 0 bridgehead atoms. The lowest BCUT2D eigenvalue weighted by Gasteiger charge is -2.26. The Kier molecular flexibility index (Phi) is 7.55. The summed E-state index contributed by atoms with van der Waals surface area (Å²) in [4.78, 5) is 2.36. The van der Waals surface area contributed by atoms with Crippen LogP contribution in [0.4, 0.5) is 17.1 Å². The van der Waals surface area contributed by atoms with Crippen LogP contribution in [0, 0.1) is 0 Å². The molecule has 2 nitrogen and oxygen atoms in total. The van der Waals surface area contributed by atoms with Gasteiger partial charge in [-0.05, 0) is 121 Å². The second-order valence-corrected chi connectivity index (χ2v) is 15.7. The van der Waals surface area contributed by atoms with Crippen molar-refractivity contribution in [3.8, 4) is 44.5 Å². The number of hydrogen-bond donors (Lipinski definition) is 0. The number of furan rings is 1. The van der Waals surface area contributed by atoms with E-state index in [0.29, 0.717) is 0 Å². The fraction of sp³-hybridized carbons (Fsp3) is 0.0545. The lowest BCUT2D eigenvalue weighted by molar-refractivity contribution is 0.666. The third-order valence-corrected chi connectivity index (χ3v) is 12.1. The van der Waals surface area contributed by atoms with Gasteiger partial charge in [0.25, 0.3) is 0 Å². The Morgan fingerprint density at radius 1 is 0.404 bits per heavy atom. The number of rotatable bonds is 6. The molecule has 0 spiro atoms. The third kappa shape index (κ3) is 5.33. The average Bonchev–Trinajstić information content (AvgIpc) is 3.77. The summed E-state index contributed by atoms with van der Waals surface area (Å²) < 4.78 is 6.24. The summed E-state index contributed by atoms with van der Waals surface area (Å²) in [6.45, 7) is 4.75. The molecule has 0 amide bonds. The van der Waals surface area contributed by atoms with E-state index in [0.717, 1.165) is 44.6 Å². The topological polar surface area (TPSA) is 16.4 Å². The largest absolute Gasteiger partial charge is 0.456 e. The molecule has 0 unspecified atom stereocenters. The maximum atomic E-state index is 6.24. The third-order valence-electron chi connectivity index (χ3n) is 12.1. The van der Waals surface area contributed by atoms with Crippen molar-refractivity contribution in [1.29, 1.82) is 0 Å². The highest BCUT2D eigenvalue weighted by Crippen LogP contribution is 2.55. The summed E-state index contributed by atoms with van der Waals surface area (Å²) in [5.74, 6) is 0. The molecule has 11 rings (SSSR count). The summed E-state index contributed by atoms with van der Waals surface area (Å²) >= 11 is 0. The molecule has 0 radical (unpaired) electrons. The molecule has 0 saturated heterocycles. The number of hydrogen-bond acceptors (Lipinski definition) is 2. The Labute approximate surface area is 332 Å². The predicted octanol–water partition coefficient (Wildman–Crippen LogP) is 15.5. The number of benzene rings is 9. The van der Waals surface area contributed by atoms with Gasteiger partial charge in [0.2, 0.25) is 0 Å². The molecule has 10 aromatic rings. The summed E-state index contributed by atoms with van der Waals surface area (Å²) in [5.41, 5.74) is 17.7. The van der Waals surface area contributed by atoms with E-state index < -0.39 is 0 Å². The highest BCUT2D eigenvalue weighted by Gasteiger charge is 2.38. The van der Waals surface area contributed by atoms with Crippen LogP contribution in [0.2, 0.25) is 0 Å². The van der Waals surface area contributed by atoms with Crippen molar-refractivity contribution < 1.29 is 4.42 Å². The van der Waals surface area contributed by atoms with Gasteiger partial charge >= 0.3 is 0 Å². The number of para-hydroxylation sites is 1. The van der Waals surface area contributed by atoms with Crippen LogP contribution < -0.4 is 4.90 Å². The molecule has 9 aromatic carbocycles. The fourth-order valence-corrected chi connectivity index (χ4v) is 9.36. The minimum Gasteiger partial charge on any atom is -0.456 e. The van der Waals surface area contributed by atoms with Gasteiger partial charge in [0.1, 0.15) is 11.2 Å².